The summed E-state index contributed by atoms with van der Waals surface area (Å²) in [5, 5.41) is 2.83. The molecule has 9 heteroatoms. The van der Waals surface area contributed by atoms with Crippen LogP contribution in [0.3, 0.4) is 0 Å². The molecule has 0 spiro atoms. The number of hydrogen-bond donors (Lipinski definition) is 1. The van der Waals surface area contributed by atoms with Gasteiger partial charge in [0.05, 0.1) is 29.8 Å². The summed E-state index contributed by atoms with van der Waals surface area (Å²) in [5.74, 6) is 0.162. The van der Waals surface area contributed by atoms with Crippen molar-refractivity contribution in [1.29, 1.82) is 0 Å². The van der Waals surface area contributed by atoms with Crippen LogP contribution in [-0.4, -0.2) is 22.9 Å². The van der Waals surface area contributed by atoms with Crippen molar-refractivity contribution in [2.75, 3.05) is 6.61 Å². The van der Waals surface area contributed by atoms with Crippen molar-refractivity contribution < 1.29 is 27.4 Å². The number of ether oxygens (including phenoxy) is 2. The Morgan fingerprint density at radius 3 is 2.24 bits per heavy atom. The van der Waals surface area contributed by atoms with Crippen LogP contribution in [0.15, 0.2) is 23.0 Å². The summed E-state index contributed by atoms with van der Waals surface area (Å²) in [5.41, 5.74) is -2.08. The number of amides is 1. The van der Waals surface area contributed by atoms with E-state index in [2.05, 4.69) is 5.32 Å². The topological polar surface area (TPSA) is 69.6 Å². The van der Waals surface area contributed by atoms with Crippen molar-refractivity contribution in [3.8, 4) is 5.75 Å². The van der Waals surface area contributed by atoms with Gasteiger partial charge in [-0.05, 0) is 50.8 Å². The van der Waals surface area contributed by atoms with E-state index in [4.69, 9.17) is 9.47 Å². The molecule has 1 amide bonds. The van der Waals surface area contributed by atoms with Crippen LogP contribution >= 0.6 is 0 Å². The summed E-state index contributed by atoms with van der Waals surface area (Å²) in [6.07, 6.45) is -3.79. The predicted molar refractivity (Wildman–Crippen MR) is 126 cm³/mol. The van der Waals surface area contributed by atoms with E-state index in [1.54, 1.807) is 20.8 Å². The minimum Gasteiger partial charge on any atom is -0.491 e. The zero-order valence-electron chi connectivity index (χ0n) is 21.0. The molecule has 0 atom stereocenters. The van der Waals surface area contributed by atoms with Gasteiger partial charge in [0.2, 0.25) is 0 Å². The average molecular weight is 485 g/mol. The minimum atomic E-state index is -4.58. The molecule has 6 nitrogen and oxygen atoms in total. The van der Waals surface area contributed by atoms with Gasteiger partial charge >= 0.3 is 12.3 Å². The molecular formula is C25H35F3N2O4. The highest BCUT2D eigenvalue weighted by Gasteiger charge is 2.32. The fourth-order valence-electron chi connectivity index (χ4n) is 3.41. The van der Waals surface area contributed by atoms with E-state index in [0.717, 1.165) is 18.6 Å². The fraction of sp³-hybridized carbons (Fsp3) is 0.600. The van der Waals surface area contributed by atoms with Crippen LogP contribution in [0.2, 0.25) is 0 Å². The van der Waals surface area contributed by atoms with Gasteiger partial charge in [-0.1, -0.05) is 34.1 Å². The third kappa shape index (κ3) is 7.40. The molecule has 0 bridgehead atoms. The standard InChI is InChI=1S/C25H35F3N2O4/c1-8-9-12-33-20-18-13-16(25(26,27)28)10-11-17(18)21(31)30(15-23(2,3)4)19(20)14-29-22(32)34-24(5,6)7/h10-11,13H,8-9,12,14-15H2,1-7H3,(H,29,32). The van der Waals surface area contributed by atoms with Crippen LogP contribution in [0, 0.1) is 5.41 Å². The number of aromatic nitrogens is 1. The van der Waals surface area contributed by atoms with Gasteiger partial charge in [-0.3, -0.25) is 4.79 Å². The number of rotatable bonds is 7. The lowest BCUT2D eigenvalue weighted by molar-refractivity contribution is -0.137. The van der Waals surface area contributed by atoms with Crippen LogP contribution < -0.4 is 15.6 Å². The number of carbonyl (C=O) groups excluding carboxylic acids is 1. The second-order valence-electron chi connectivity index (χ2n) is 10.5. The van der Waals surface area contributed by atoms with Crippen LogP contribution in [0.1, 0.15) is 72.6 Å². The summed E-state index contributed by atoms with van der Waals surface area (Å²) in [6.45, 7) is 13.3. The number of nitrogens with one attached hydrogen (secondary N) is 1. The monoisotopic (exact) mass is 484 g/mol. The van der Waals surface area contributed by atoms with Gasteiger partial charge in [-0.2, -0.15) is 13.2 Å². The van der Waals surface area contributed by atoms with E-state index in [1.807, 2.05) is 27.7 Å². The smallest absolute Gasteiger partial charge is 0.416 e. The summed E-state index contributed by atoms with van der Waals surface area (Å²) < 4.78 is 53.2. The second kappa shape index (κ2) is 10.3. The number of hydrogen-bond acceptors (Lipinski definition) is 4. The first-order chi connectivity index (χ1) is 15.5. The van der Waals surface area contributed by atoms with Crippen molar-refractivity contribution in [2.24, 2.45) is 5.41 Å². The maximum absolute atomic E-state index is 13.5. The summed E-state index contributed by atoms with van der Waals surface area (Å²) in [4.78, 5) is 25.7. The van der Waals surface area contributed by atoms with E-state index < -0.39 is 29.0 Å². The van der Waals surface area contributed by atoms with Crippen LogP contribution in [-0.2, 0) is 24.0 Å². The molecule has 34 heavy (non-hydrogen) atoms. The van der Waals surface area contributed by atoms with Crippen molar-refractivity contribution in [2.45, 2.75) is 86.2 Å². The van der Waals surface area contributed by atoms with E-state index >= 15 is 0 Å². The van der Waals surface area contributed by atoms with Gasteiger partial charge < -0.3 is 19.4 Å². The quantitative estimate of drug-likeness (QED) is 0.470. The zero-order valence-corrected chi connectivity index (χ0v) is 21.0. The van der Waals surface area contributed by atoms with Gasteiger partial charge in [0.15, 0.2) is 0 Å². The Bertz CT molecular complexity index is 1080. The number of alkyl carbamates (subject to hydrolysis) is 1. The molecule has 2 aromatic rings. The Morgan fingerprint density at radius 1 is 1.06 bits per heavy atom. The molecule has 1 N–H and O–H groups in total. The minimum absolute atomic E-state index is 0.0714. The Hall–Kier alpha value is -2.71. The van der Waals surface area contributed by atoms with Crippen LogP contribution in [0.4, 0.5) is 18.0 Å². The molecule has 0 aliphatic rings. The molecule has 190 valence electrons. The zero-order chi connectivity index (χ0) is 25.9. The lowest BCUT2D eigenvalue weighted by atomic mass is 9.96. The highest BCUT2D eigenvalue weighted by atomic mass is 19.4. The van der Waals surface area contributed by atoms with E-state index in [-0.39, 0.29) is 41.6 Å². The Kier molecular flexibility index (Phi) is 8.32. The summed E-state index contributed by atoms with van der Waals surface area (Å²) in [6, 6.07) is 3.04. The number of benzene rings is 1. The Morgan fingerprint density at radius 2 is 1.71 bits per heavy atom. The van der Waals surface area contributed by atoms with Gasteiger partial charge in [-0.25, -0.2) is 4.79 Å². The molecule has 0 saturated heterocycles. The Balaban J connectivity index is 2.75. The normalized spacial score (nSPS) is 12.6. The second-order valence-corrected chi connectivity index (χ2v) is 10.5. The lowest BCUT2D eigenvalue weighted by Crippen LogP contribution is -2.36. The average Bonchev–Trinajstić information content (AvgIpc) is 2.67. The maximum atomic E-state index is 13.5. The van der Waals surface area contributed by atoms with Crippen molar-refractivity contribution in [3.05, 3.63) is 39.8 Å². The van der Waals surface area contributed by atoms with Crippen molar-refractivity contribution in [1.82, 2.24) is 9.88 Å². The molecule has 1 aromatic carbocycles. The highest BCUT2D eigenvalue weighted by molar-refractivity contribution is 5.89. The largest absolute Gasteiger partial charge is 0.491 e. The molecule has 0 radical (unpaired) electrons. The summed E-state index contributed by atoms with van der Waals surface area (Å²) >= 11 is 0. The number of alkyl halides is 3. The number of pyridine rings is 1. The van der Waals surface area contributed by atoms with Crippen LogP contribution in [0.5, 0.6) is 5.75 Å². The molecule has 1 aromatic heterocycles. The molecule has 2 rings (SSSR count). The number of carbonyl (C=O) groups is 1. The molecule has 0 aliphatic carbocycles. The van der Waals surface area contributed by atoms with Gasteiger partial charge in [0.1, 0.15) is 11.4 Å². The first kappa shape index (κ1) is 27.5. The van der Waals surface area contributed by atoms with Gasteiger partial charge in [-0.15, -0.1) is 0 Å². The molecule has 0 aliphatic heterocycles. The fourth-order valence-corrected chi connectivity index (χ4v) is 3.41. The molecule has 0 saturated carbocycles. The van der Waals surface area contributed by atoms with Crippen molar-refractivity contribution >= 4 is 16.9 Å². The Labute approximate surface area is 198 Å². The molecule has 0 fully saturated rings. The third-order valence-electron chi connectivity index (χ3n) is 4.83. The van der Waals surface area contributed by atoms with Crippen molar-refractivity contribution in [3.63, 3.8) is 0 Å². The van der Waals surface area contributed by atoms with Crippen LogP contribution in [0.25, 0.3) is 10.8 Å². The number of fused-ring (bicyclic) bond motifs is 1. The number of halogens is 3. The summed E-state index contributed by atoms with van der Waals surface area (Å²) in [7, 11) is 0. The highest BCUT2D eigenvalue weighted by Crippen LogP contribution is 2.36. The predicted octanol–water partition coefficient (Wildman–Crippen LogP) is 6.27. The first-order valence-electron chi connectivity index (χ1n) is 11.4. The van der Waals surface area contributed by atoms with E-state index in [9.17, 15) is 22.8 Å². The van der Waals surface area contributed by atoms with Gasteiger partial charge in [0.25, 0.3) is 5.56 Å². The SMILES string of the molecule is CCCCOc1c(CNC(=O)OC(C)(C)C)n(CC(C)(C)C)c(=O)c2ccc(C(F)(F)F)cc12. The number of nitrogens with zero attached hydrogens (tertiary/aromatic N) is 1. The molecular weight excluding hydrogens is 449 g/mol. The first-order valence-corrected chi connectivity index (χ1v) is 11.4. The number of unbranched alkanes of at least 4 members (excludes halogenated alkanes) is 1. The molecule has 1 heterocycles. The third-order valence-corrected chi connectivity index (χ3v) is 4.83. The van der Waals surface area contributed by atoms with E-state index in [0.29, 0.717) is 12.1 Å². The molecule has 0 unspecified atom stereocenters. The maximum Gasteiger partial charge on any atom is 0.416 e. The lowest BCUT2D eigenvalue weighted by Gasteiger charge is -2.26. The van der Waals surface area contributed by atoms with Gasteiger partial charge in [0, 0.05) is 11.9 Å². The van der Waals surface area contributed by atoms with E-state index in [1.165, 1.54) is 10.6 Å².